The first kappa shape index (κ1) is 14.5. The van der Waals surface area contributed by atoms with Gasteiger partial charge in [0.1, 0.15) is 11.9 Å². The first-order chi connectivity index (χ1) is 10.1. The fraction of sp³-hybridized carbons (Fsp3) is 0.368. The van der Waals surface area contributed by atoms with Crippen molar-refractivity contribution < 1.29 is 4.74 Å². The molecular formula is C19H21ClO. The monoisotopic (exact) mass is 300 g/mol. The Morgan fingerprint density at radius 2 is 1.62 bits per heavy atom. The molecule has 0 radical (unpaired) electrons. The maximum atomic E-state index is 6.24. The van der Waals surface area contributed by atoms with Gasteiger partial charge in [-0.1, -0.05) is 56.3 Å². The summed E-state index contributed by atoms with van der Waals surface area (Å²) in [5.74, 6) is 0.938. The molecule has 1 aliphatic rings. The average molecular weight is 301 g/mol. The second kappa shape index (κ2) is 5.73. The van der Waals surface area contributed by atoms with Crippen LogP contribution in [0, 0.1) is 5.41 Å². The molecule has 0 spiro atoms. The lowest BCUT2D eigenvalue weighted by Gasteiger charge is -2.48. The lowest BCUT2D eigenvalue weighted by Crippen LogP contribution is -2.53. The summed E-state index contributed by atoms with van der Waals surface area (Å²) in [6.07, 6.45) is 2.11. The first-order valence-electron chi connectivity index (χ1n) is 7.49. The molecule has 2 heteroatoms. The van der Waals surface area contributed by atoms with E-state index in [0.29, 0.717) is 0 Å². The third-order valence-corrected chi connectivity index (χ3v) is 5.25. The van der Waals surface area contributed by atoms with E-state index < -0.39 is 0 Å². The van der Waals surface area contributed by atoms with Crippen LogP contribution in [0.2, 0.25) is 0 Å². The summed E-state index contributed by atoms with van der Waals surface area (Å²) >= 11 is 6.24. The molecule has 0 aromatic heterocycles. The fourth-order valence-electron chi connectivity index (χ4n) is 2.72. The molecule has 3 rings (SSSR count). The molecule has 0 amide bonds. The third-order valence-electron chi connectivity index (χ3n) is 4.51. The third kappa shape index (κ3) is 3.08. The molecule has 0 N–H and O–H groups in total. The Hall–Kier alpha value is -1.47. The van der Waals surface area contributed by atoms with Crippen molar-refractivity contribution in [2.75, 3.05) is 0 Å². The van der Waals surface area contributed by atoms with Crippen LogP contribution in [-0.4, -0.2) is 11.5 Å². The Kier molecular flexibility index (Phi) is 3.95. The second-order valence-electron chi connectivity index (χ2n) is 6.44. The van der Waals surface area contributed by atoms with Gasteiger partial charge in [-0.25, -0.2) is 0 Å². The van der Waals surface area contributed by atoms with Crippen molar-refractivity contribution in [3.63, 3.8) is 0 Å². The summed E-state index contributed by atoms with van der Waals surface area (Å²) in [6.45, 7) is 4.34. The Morgan fingerprint density at radius 1 is 1.00 bits per heavy atom. The molecule has 0 saturated heterocycles. The van der Waals surface area contributed by atoms with Gasteiger partial charge in [0.15, 0.2) is 0 Å². The van der Waals surface area contributed by atoms with Crippen LogP contribution in [0.1, 0.15) is 31.4 Å². The summed E-state index contributed by atoms with van der Waals surface area (Å²) in [4.78, 5) is 0. The summed E-state index contributed by atoms with van der Waals surface area (Å²) in [5.41, 5.74) is 2.69. The van der Waals surface area contributed by atoms with Crippen LogP contribution in [0.4, 0.5) is 0 Å². The number of hydrogen-bond donors (Lipinski definition) is 0. The van der Waals surface area contributed by atoms with Crippen molar-refractivity contribution in [1.82, 2.24) is 0 Å². The van der Waals surface area contributed by atoms with E-state index in [9.17, 15) is 0 Å². The largest absolute Gasteiger partial charge is 0.490 e. The van der Waals surface area contributed by atoms with Crippen molar-refractivity contribution in [2.45, 2.75) is 38.2 Å². The topological polar surface area (TPSA) is 9.23 Å². The standard InChI is InChI=1S/C19H21ClO/c1-19(2)17(20)13-18(19)21-16-10-8-15(9-11-16)12-14-6-4-3-5-7-14/h3-11,17-18H,12-13H2,1-2H3. The average Bonchev–Trinajstić information content (AvgIpc) is 2.50. The zero-order valence-corrected chi connectivity index (χ0v) is 13.3. The van der Waals surface area contributed by atoms with Gasteiger partial charge < -0.3 is 4.74 Å². The smallest absolute Gasteiger partial charge is 0.119 e. The van der Waals surface area contributed by atoms with E-state index in [1.807, 2.05) is 6.07 Å². The zero-order chi connectivity index (χ0) is 14.9. The van der Waals surface area contributed by atoms with Gasteiger partial charge in [0.05, 0.1) is 0 Å². The Bertz CT molecular complexity index is 589. The normalized spacial score (nSPS) is 23.4. The molecule has 0 heterocycles. The van der Waals surface area contributed by atoms with Crippen LogP contribution >= 0.6 is 11.6 Å². The summed E-state index contributed by atoms with van der Waals surface area (Å²) in [6, 6.07) is 18.9. The molecule has 0 bridgehead atoms. The van der Waals surface area contributed by atoms with E-state index in [2.05, 4.69) is 62.4 Å². The van der Waals surface area contributed by atoms with E-state index in [0.717, 1.165) is 18.6 Å². The highest BCUT2D eigenvalue weighted by Gasteiger charge is 2.49. The van der Waals surface area contributed by atoms with Crippen molar-refractivity contribution in [2.24, 2.45) is 5.41 Å². The number of ether oxygens (including phenoxy) is 1. The van der Waals surface area contributed by atoms with Crippen LogP contribution in [0.5, 0.6) is 5.75 Å². The predicted octanol–water partition coefficient (Wildman–Crippen LogP) is 5.06. The molecule has 2 aromatic rings. The number of alkyl halides is 1. The van der Waals surface area contributed by atoms with E-state index >= 15 is 0 Å². The molecule has 0 aliphatic heterocycles. The minimum atomic E-state index is 0.0598. The number of halogens is 1. The SMILES string of the molecule is CC1(C)C(Cl)CC1Oc1ccc(Cc2ccccc2)cc1. The highest BCUT2D eigenvalue weighted by Crippen LogP contribution is 2.46. The van der Waals surface area contributed by atoms with Gasteiger partial charge in [0, 0.05) is 17.2 Å². The quantitative estimate of drug-likeness (QED) is 0.717. The Labute approximate surface area is 131 Å². The van der Waals surface area contributed by atoms with Crippen molar-refractivity contribution >= 4 is 11.6 Å². The molecule has 1 nitrogen and oxygen atoms in total. The van der Waals surface area contributed by atoms with Gasteiger partial charge in [-0.05, 0) is 29.7 Å². The molecule has 1 fully saturated rings. The van der Waals surface area contributed by atoms with E-state index in [-0.39, 0.29) is 16.9 Å². The highest BCUT2D eigenvalue weighted by atomic mass is 35.5. The number of rotatable bonds is 4. The minimum absolute atomic E-state index is 0.0598. The highest BCUT2D eigenvalue weighted by molar-refractivity contribution is 6.21. The lowest BCUT2D eigenvalue weighted by molar-refractivity contribution is -0.0130. The summed E-state index contributed by atoms with van der Waals surface area (Å²) < 4.78 is 6.06. The van der Waals surface area contributed by atoms with Crippen LogP contribution in [0.25, 0.3) is 0 Å². The molecule has 2 aromatic carbocycles. The first-order valence-corrected chi connectivity index (χ1v) is 7.93. The summed E-state index contributed by atoms with van der Waals surface area (Å²) in [5, 5.41) is 0.222. The molecule has 2 atom stereocenters. The van der Waals surface area contributed by atoms with Crippen LogP contribution < -0.4 is 4.74 Å². The Morgan fingerprint density at radius 3 is 2.19 bits per heavy atom. The van der Waals surface area contributed by atoms with Crippen LogP contribution in [-0.2, 0) is 6.42 Å². The summed E-state index contributed by atoms with van der Waals surface area (Å²) in [7, 11) is 0. The van der Waals surface area contributed by atoms with Crippen molar-refractivity contribution in [1.29, 1.82) is 0 Å². The van der Waals surface area contributed by atoms with Gasteiger partial charge in [-0.15, -0.1) is 11.6 Å². The number of hydrogen-bond acceptors (Lipinski definition) is 1. The lowest BCUT2D eigenvalue weighted by atomic mass is 9.68. The predicted molar refractivity (Wildman–Crippen MR) is 88.1 cm³/mol. The fourth-order valence-corrected chi connectivity index (χ4v) is 3.02. The second-order valence-corrected chi connectivity index (χ2v) is 6.96. The van der Waals surface area contributed by atoms with E-state index in [1.54, 1.807) is 0 Å². The van der Waals surface area contributed by atoms with E-state index in [4.69, 9.17) is 16.3 Å². The zero-order valence-electron chi connectivity index (χ0n) is 12.6. The van der Waals surface area contributed by atoms with Crippen molar-refractivity contribution in [3.8, 4) is 5.75 Å². The van der Waals surface area contributed by atoms with Crippen LogP contribution in [0.15, 0.2) is 54.6 Å². The van der Waals surface area contributed by atoms with Gasteiger partial charge in [0.25, 0.3) is 0 Å². The maximum Gasteiger partial charge on any atom is 0.119 e. The molecule has 1 aliphatic carbocycles. The van der Waals surface area contributed by atoms with Gasteiger partial charge in [-0.2, -0.15) is 0 Å². The van der Waals surface area contributed by atoms with Crippen LogP contribution in [0.3, 0.4) is 0 Å². The maximum absolute atomic E-state index is 6.24. The van der Waals surface area contributed by atoms with Gasteiger partial charge in [-0.3, -0.25) is 0 Å². The van der Waals surface area contributed by atoms with E-state index in [1.165, 1.54) is 11.1 Å². The number of benzene rings is 2. The van der Waals surface area contributed by atoms with Gasteiger partial charge in [0.2, 0.25) is 0 Å². The molecule has 2 unspecified atom stereocenters. The van der Waals surface area contributed by atoms with Crippen molar-refractivity contribution in [3.05, 3.63) is 65.7 Å². The Balaban J connectivity index is 1.62. The van der Waals surface area contributed by atoms with Gasteiger partial charge >= 0.3 is 0 Å². The minimum Gasteiger partial charge on any atom is -0.490 e. The molecule has 1 saturated carbocycles. The molecule has 110 valence electrons. The molecular weight excluding hydrogens is 280 g/mol. The molecule has 21 heavy (non-hydrogen) atoms.